The molecule has 3 N–H and O–H groups in total. The molecule has 2 heterocycles. The molecule has 10 heteroatoms. The highest BCUT2D eigenvalue weighted by molar-refractivity contribution is 7.91. The summed E-state index contributed by atoms with van der Waals surface area (Å²) >= 11 is 2.33. The number of rotatable bonds is 9. The van der Waals surface area contributed by atoms with Gasteiger partial charge in [0, 0.05) is 25.6 Å². The van der Waals surface area contributed by atoms with Gasteiger partial charge in [-0.1, -0.05) is 0 Å². The number of hydrogen-bond donors (Lipinski definition) is 2. The molecule has 0 fully saturated rings. The van der Waals surface area contributed by atoms with E-state index in [4.69, 9.17) is 14.6 Å². The highest BCUT2D eigenvalue weighted by Gasteiger charge is 2.16. The van der Waals surface area contributed by atoms with Crippen LogP contribution in [0.3, 0.4) is 0 Å². The van der Waals surface area contributed by atoms with Crippen LogP contribution in [0.4, 0.5) is 0 Å². The van der Waals surface area contributed by atoms with Crippen LogP contribution in [-0.2, 0) is 19.5 Å². The van der Waals surface area contributed by atoms with Gasteiger partial charge in [-0.2, -0.15) is 0 Å². The summed E-state index contributed by atoms with van der Waals surface area (Å²) in [6, 6.07) is 3.17. The van der Waals surface area contributed by atoms with Crippen molar-refractivity contribution in [2.24, 2.45) is 5.14 Å². The normalized spacial score (nSPS) is 11.9. The SMILES string of the molecule is COCCOCCCNC(=O)c1cc2cc(S(N)(=O)=O)sc2s1. The lowest BCUT2D eigenvalue weighted by molar-refractivity contribution is 0.0688. The van der Waals surface area contributed by atoms with Crippen LogP contribution < -0.4 is 10.5 Å². The molecule has 1 amide bonds. The van der Waals surface area contributed by atoms with Crippen molar-refractivity contribution in [3.05, 3.63) is 17.0 Å². The molecular formula is C13H18N2O5S3. The summed E-state index contributed by atoms with van der Waals surface area (Å²) in [6.07, 6.45) is 0.713. The van der Waals surface area contributed by atoms with Gasteiger partial charge in [-0.25, -0.2) is 13.6 Å². The van der Waals surface area contributed by atoms with E-state index in [0.29, 0.717) is 37.7 Å². The predicted octanol–water partition coefficient (Wildman–Crippen LogP) is 1.39. The van der Waals surface area contributed by atoms with Crippen LogP contribution in [0.1, 0.15) is 16.1 Å². The van der Waals surface area contributed by atoms with E-state index in [1.54, 1.807) is 13.2 Å². The number of sulfonamides is 1. The van der Waals surface area contributed by atoms with Gasteiger partial charge in [0.15, 0.2) is 0 Å². The molecule has 0 saturated heterocycles. The monoisotopic (exact) mass is 378 g/mol. The number of amides is 1. The maximum Gasteiger partial charge on any atom is 0.261 e. The third-order valence-corrected chi connectivity index (χ3v) is 6.69. The van der Waals surface area contributed by atoms with Crippen molar-refractivity contribution in [1.29, 1.82) is 0 Å². The number of hydrogen-bond acceptors (Lipinski definition) is 7. The number of carbonyl (C=O) groups excluding carboxylic acids is 1. The number of nitrogens with two attached hydrogens (primary N) is 1. The third kappa shape index (κ3) is 5.23. The van der Waals surface area contributed by atoms with E-state index in [1.165, 1.54) is 17.4 Å². The van der Waals surface area contributed by atoms with Gasteiger partial charge in [0.1, 0.15) is 4.21 Å². The lowest BCUT2D eigenvalue weighted by atomic mass is 10.3. The lowest BCUT2D eigenvalue weighted by Crippen LogP contribution is -2.24. The lowest BCUT2D eigenvalue weighted by Gasteiger charge is -2.04. The maximum absolute atomic E-state index is 12.0. The van der Waals surface area contributed by atoms with Crippen LogP contribution in [-0.4, -0.2) is 47.8 Å². The Morgan fingerprint density at radius 2 is 2.04 bits per heavy atom. The molecule has 128 valence electrons. The summed E-state index contributed by atoms with van der Waals surface area (Å²) in [4.78, 5) is 12.6. The topological polar surface area (TPSA) is 108 Å². The second-order valence-corrected chi connectivity index (χ2v) is 8.83. The number of fused-ring (bicyclic) bond motifs is 1. The van der Waals surface area contributed by atoms with Crippen LogP contribution in [0.5, 0.6) is 0 Å². The van der Waals surface area contributed by atoms with Crippen molar-refractivity contribution >= 4 is 48.0 Å². The van der Waals surface area contributed by atoms with Crippen molar-refractivity contribution in [3.8, 4) is 0 Å². The first-order valence-electron chi connectivity index (χ1n) is 6.83. The Balaban J connectivity index is 1.83. The minimum atomic E-state index is -3.69. The van der Waals surface area contributed by atoms with Crippen LogP contribution in [0.25, 0.3) is 9.40 Å². The molecule has 0 aromatic carbocycles. The number of thiophene rings is 2. The van der Waals surface area contributed by atoms with Gasteiger partial charge in [-0.05, 0) is 18.6 Å². The molecule has 2 rings (SSSR count). The maximum atomic E-state index is 12.0. The molecule has 0 unspecified atom stereocenters. The average molecular weight is 378 g/mol. The number of carbonyl (C=O) groups is 1. The van der Waals surface area contributed by atoms with Crippen LogP contribution >= 0.6 is 22.7 Å². The Kier molecular flexibility index (Phi) is 6.50. The number of ether oxygens (including phenoxy) is 2. The zero-order valence-corrected chi connectivity index (χ0v) is 15.0. The molecule has 0 radical (unpaired) electrons. The second kappa shape index (κ2) is 8.18. The summed E-state index contributed by atoms with van der Waals surface area (Å²) in [7, 11) is -2.08. The average Bonchev–Trinajstić information content (AvgIpc) is 3.04. The highest BCUT2D eigenvalue weighted by atomic mass is 32.2. The van der Waals surface area contributed by atoms with Crippen molar-refractivity contribution in [2.75, 3.05) is 33.5 Å². The minimum absolute atomic E-state index is 0.110. The Morgan fingerprint density at radius 1 is 1.26 bits per heavy atom. The zero-order chi connectivity index (χ0) is 16.9. The molecule has 7 nitrogen and oxygen atoms in total. The van der Waals surface area contributed by atoms with Crippen molar-refractivity contribution < 1.29 is 22.7 Å². The number of nitrogens with one attached hydrogen (secondary N) is 1. The van der Waals surface area contributed by atoms with Crippen molar-refractivity contribution in [2.45, 2.75) is 10.6 Å². The molecule has 0 aliphatic rings. The van der Waals surface area contributed by atoms with Gasteiger partial charge >= 0.3 is 0 Å². The molecule has 23 heavy (non-hydrogen) atoms. The molecular weight excluding hydrogens is 360 g/mol. The fourth-order valence-corrected chi connectivity index (χ4v) is 5.04. The van der Waals surface area contributed by atoms with Gasteiger partial charge < -0.3 is 14.8 Å². The van der Waals surface area contributed by atoms with Gasteiger partial charge in [0.05, 0.1) is 22.1 Å². The van der Waals surface area contributed by atoms with E-state index < -0.39 is 10.0 Å². The first-order valence-corrected chi connectivity index (χ1v) is 10.0. The summed E-state index contributed by atoms with van der Waals surface area (Å²) < 4.78 is 33.6. The molecule has 0 aliphatic carbocycles. The van der Waals surface area contributed by atoms with Crippen molar-refractivity contribution in [1.82, 2.24) is 5.32 Å². The Hall–Kier alpha value is -1.04. The fourth-order valence-electron chi connectivity index (χ4n) is 1.78. The van der Waals surface area contributed by atoms with Crippen molar-refractivity contribution in [3.63, 3.8) is 0 Å². The Morgan fingerprint density at radius 3 is 2.70 bits per heavy atom. The predicted molar refractivity (Wildman–Crippen MR) is 90.7 cm³/mol. The smallest absolute Gasteiger partial charge is 0.261 e. The summed E-state index contributed by atoms with van der Waals surface area (Å²) in [5.41, 5.74) is 0. The molecule has 2 aromatic heterocycles. The van der Waals surface area contributed by atoms with Crippen LogP contribution in [0.15, 0.2) is 16.3 Å². The third-order valence-electron chi connectivity index (χ3n) is 2.88. The standard InChI is InChI=1S/C13H18N2O5S3/c1-19-5-6-20-4-2-3-15-12(16)10-7-9-8-11(23(14,17)18)22-13(9)21-10/h7-8H,2-6H2,1H3,(H,15,16)(H2,14,17,18). The summed E-state index contributed by atoms with van der Waals surface area (Å²) in [5, 5.41) is 8.62. The second-order valence-electron chi connectivity index (χ2n) is 4.68. The van der Waals surface area contributed by atoms with E-state index in [9.17, 15) is 13.2 Å². The van der Waals surface area contributed by atoms with Gasteiger partial charge in [0.2, 0.25) is 10.0 Å². The molecule has 2 aromatic rings. The van der Waals surface area contributed by atoms with E-state index >= 15 is 0 Å². The number of primary sulfonamides is 1. The Labute approximate surface area is 142 Å². The largest absolute Gasteiger partial charge is 0.382 e. The first-order chi connectivity index (χ1) is 10.9. The molecule has 0 aliphatic heterocycles. The minimum Gasteiger partial charge on any atom is -0.382 e. The van der Waals surface area contributed by atoms with Crippen LogP contribution in [0.2, 0.25) is 0 Å². The molecule has 0 saturated carbocycles. The highest BCUT2D eigenvalue weighted by Crippen LogP contribution is 2.35. The summed E-state index contributed by atoms with van der Waals surface area (Å²) in [6.45, 7) is 2.16. The van der Waals surface area contributed by atoms with Gasteiger partial charge in [-0.3, -0.25) is 4.79 Å². The van der Waals surface area contributed by atoms with Gasteiger partial charge in [0.25, 0.3) is 5.91 Å². The van der Waals surface area contributed by atoms with E-state index in [1.807, 2.05) is 0 Å². The van der Waals surface area contributed by atoms with E-state index in [0.717, 1.165) is 20.7 Å². The molecule has 0 atom stereocenters. The quantitative estimate of drug-likeness (QED) is 0.641. The first kappa shape index (κ1) is 18.3. The zero-order valence-electron chi connectivity index (χ0n) is 12.5. The van der Waals surface area contributed by atoms with Gasteiger partial charge in [-0.15, -0.1) is 22.7 Å². The Bertz CT molecular complexity index is 734. The van der Waals surface area contributed by atoms with E-state index in [-0.39, 0.29) is 10.1 Å². The number of methoxy groups -OCH3 is 1. The fraction of sp³-hybridized carbons (Fsp3) is 0.462. The molecule has 0 spiro atoms. The van der Waals surface area contributed by atoms with Crippen LogP contribution in [0, 0.1) is 0 Å². The van der Waals surface area contributed by atoms with E-state index in [2.05, 4.69) is 5.32 Å². The molecule has 0 bridgehead atoms. The summed E-state index contributed by atoms with van der Waals surface area (Å²) in [5.74, 6) is -0.174.